The molecule has 180 valence electrons. The molecular weight excluding hydrogens is 442 g/mol. The van der Waals surface area contributed by atoms with Crippen molar-refractivity contribution < 1.29 is 4.58 Å². The Labute approximate surface area is 214 Å². The number of thiophene rings is 1. The standard InChI is InChI=1S/C33H37NS/c1-9-33(7,10-2)22-15-16-25-26-17-18-34(8)30(31(26)35-29(25)19-22)27-20-28(32(4,5)6)24-14-12-11-13-23(24)21(27)3/h11-20H,8-10H2,1-7H3. The van der Waals surface area contributed by atoms with Crippen molar-refractivity contribution in [1.82, 2.24) is 0 Å². The fourth-order valence-electron chi connectivity index (χ4n) is 5.52. The molecular formula is C33H37NS. The maximum atomic E-state index is 4.44. The topological polar surface area (TPSA) is 3.01 Å². The van der Waals surface area contributed by atoms with E-state index in [0.717, 1.165) is 12.8 Å². The zero-order chi connectivity index (χ0) is 25.1. The van der Waals surface area contributed by atoms with Crippen LogP contribution in [0.3, 0.4) is 0 Å². The fourth-order valence-corrected chi connectivity index (χ4v) is 6.83. The van der Waals surface area contributed by atoms with E-state index in [1.807, 2.05) is 11.3 Å². The fraction of sp³-hybridized carbons (Fsp3) is 0.333. The molecule has 0 bridgehead atoms. The lowest BCUT2D eigenvalue weighted by Crippen LogP contribution is -2.20. The number of nitrogens with zero attached hydrogens (tertiary/aromatic N) is 1. The van der Waals surface area contributed by atoms with Crippen LogP contribution >= 0.6 is 11.3 Å². The lowest BCUT2D eigenvalue weighted by atomic mass is 9.77. The molecule has 5 rings (SSSR count). The molecule has 0 spiro atoms. The van der Waals surface area contributed by atoms with E-state index in [2.05, 4.69) is 121 Å². The van der Waals surface area contributed by atoms with Crippen molar-refractivity contribution in [3.8, 4) is 0 Å². The molecule has 1 aliphatic heterocycles. The van der Waals surface area contributed by atoms with Gasteiger partial charge in [-0.15, -0.1) is 17.7 Å². The zero-order valence-corrected chi connectivity index (χ0v) is 23.1. The van der Waals surface area contributed by atoms with Crippen LogP contribution in [0, 0.1) is 13.0 Å². The van der Waals surface area contributed by atoms with E-state index in [0.29, 0.717) is 0 Å². The van der Waals surface area contributed by atoms with Crippen LogP contribution in [0.4, 0.5) is 0 Å². The van der Waals surface area contributed by atoms with Crippen LogP contribution < -0.4 is 0 Å². The summed E-state index contributed by atoms with van der Waals surface area (Å²) in [6.07, 6.45) is 6.67. The molecule has 0 aliphatic carbocycles. The van der Waals surface area contributed by atoms with Gasteiger partial charge in [-0.2, -0.15) is 0 Å². The highest BCUT2D eigenvalue weighted by molar-refractivity contribution is 7.19. The Morgan fingerprint density at radius 1 is 0.971 bits per heavy atom. The van der Waals surface area contributed by atoms with Crippen molar-refractivity contribution in [3.05, 3.63) is 93.5 Å². The summed E-state index contributed by atoms with van der Waals surface area (Å²) in [6, 6.07) is 19.6. The van der Waals surface area contributed by atoms with Gasteiger partial charge in [0.1, 0.15) is 17.5 Å². The van der Waals surface area contributed by atoms with Crippen LogP contribution in [-0.2, 0) is 10.8 Å². The van der Waals surface area contributed by atoms with Crippen LogP contribution in [0.15, 0.2) is 54.7 Å². The van der Waals surface area contributed by atoms with Gasteiger partial charge in [0.25, 0.3) is 0 Å². The van der Waals surface area contributed by atoms with Crippen molar-refractivity contribution in [3.63, 3.8) is 0 Å². The number of aryl methyl sites for hydroxylation is 1. The van der Waals surface area contributed by atoms with Crippen LogP contribution in [-0.4, -0.2) is 11.3 Å². The largest absolute Gasteiger partial charge is 0.257 e. The lowest BCUT2D eigenvalue weighted by Gasteiger charge is -2.30. The first-order valence-electron chi connectivity index (χ1n) is 12.8. The molecule has 0 N–H and O–H groups in total. The minimum atomic E-state index is 0.0434. The Morgan fingerprint density at radius 2 is 1.66 bits per heavy atom. The Hall–Kier alpha value is -2.84. The normalized spacial score (nSPS) is 14.3. The van der Waals surface area contributed by atoms with E-state index < -0.39 is 0 Å². The van der Waals surface area contributed by atoms with E-state index in [-0.39, 0.29) is 10.8 Å². The Balaban J connectivity index is 1.76. The van der Waals surface area contributed by atoms with Crippen LogP contribution in [0.25, 0.3) is 26.9 Å². The minimum Gasteiger partial charge on any atom is -0.257 e. The van der Waals surface area contributed by atoms with Crippen molar-refractivity contribution in [1.29, 1.82) is 0 Å². The second-order valence-corrected chi connectivity index (χ2v) is 12.4. The van der Waals surface area contributed by atoms with Gasteiger partial charge in [0.05, 0.1) is 6.72 Å². The van der Waals surface area contributed by atoms with Crippen molar-refractivity contribution >= 4 is 45.0 Å². The predicted octanol–water partition coefficient (Wildman–Crippen LogP) is 9.36. The summed E-state index contributed by atoms with van der Waals surface area (Å²) in [6.45, 7) is 20.6. The Kier molecular flexibility index (Phi) is 5.72. The highest BCUT2D eigenvalue weighted by Crippen LogP contribution is 2.46. The maximum Gasteiger partial charge on any atom is 0.197 e. The summed E-state index contributed by atoms with van der Waals surface area (Å²) in [5.41, 5.74) is 7.02. The molecule has 1 nitrogen and oxygen atoms in total. The van der Waals surface area contributed by atoms with E-state index in [1.165, 1.54) is 59.6 Å². The molecule has 3 aromatic carbocycles. The summed E-state index contributed by atoms with van der Waals surface area (Å²) in [7, 11) is 0. The first kappa shape index (κ1) is 23.9. The van der Waals surface area contributed by atoms with E-state index >= 15 is 0 Å². The van der Waals surface area contributed by atoms with Crippen molar-refractivity contribution in [2.45, 2.75) is 72.1 Å². The van der Waals surface area contributed by atoms with Gasteiger partial charge >= 0.3 is 0 Å². The zero-order valence-electron chi connectivity index (χ0n) is 22.3. The van der Waals surface area contributed by atoms with E-state index in [9.17, 15) is 0 Å². The number of fused-ring (bicyclic) bond motifs is 4. The quantitative estimate of drug-likeness (QED) is 0.156. The average Bonchev–Trinajstić information content (AvgIpc) is 3.21. The molecule has 0 unspecified atom stereocenters. The van der Waals surface area contributed by atoms with Crippen LogP contribution in [0.2, 0.25) is 0 Å². The van der Waals surface area contributed by atoms with Gasteiger partial charge in [-0.1, -0.05) is 114 Å². The first-order chi connectivity index (χ1) is 16.6. The lowest BCUT2D eigenvalue weighted by molar-refractivity contribution is -0.417. The molecule has 0 radical (unpaired) electrons. The second-order valence-electron chi connectivity index (χ2n) is 11.3. The van der Waals surface area contributed by atoms with Crippen LogP contribution in [0.5, 0.6) is 0 Å². The summed E-state index contributed by atoms with van der Waals surface area (Å²) in [5, 5.41) is 4.03. The third kappa shape index (κ3) is 3.74. The molecule has 0 saturated carbocycles. The number of hydrogen-bond donors (Lipinski definition) is 0. The van der Waals surface area contributed by atoms with Gasteiger partial charge < -0.3 is 0 Å². The third-order valence-electron chi connectivity index (χ3n) is 8.29. The minimum absolute atomic E-state index is 0.0434. The highest BCUT2D eigenvalue weighted by atomic mass is 32.1. The summed E-state index contributed by atoms with van der Waals surface area (Å²) < 4.78 is 3.44. The molecule has 0 atom stereocenters. The van der Waals surface area contributed by atoms with Gasteiger partial charge in [-0.25, -0.2) is 0 Å². The molecule has 0 saturated heterocycles. The first-order valence-corrected chi connectivity index (χ1v) is 13.7. The maximum absolute atomic E-state index is 4.44. The molecule has 35 heavy (non-hydrogen) atoms. The highest BCUT2D eigenvalue weighted by Gasteiger charge is 2.34. The van der Waals surface area contributed by atoms with E-state index in [1.54, 1.807) is 0 Å². The smallest absolute Gasteiger partial charge is 0.197 e. The second kappa shape index (κ2) is 8.38. The van der Waals surface area contributed by atoms with Crippen molar-refractivity contribution in [2.75, 3.05) is 0 Å². The summed E-state index contributed by atoms with van der Waals surface area (Å²) in [4.78, 5) is 1.32. The number of rotatable bonds is 4. The van der Waals surface area contributed by atoms with Gasteiger partial charge in [0.2, 0.25) is 0 Å². The molecule has 0 amide bonds. The Bertz CT molecular complexity index is 1490. The van der Waals surface area contributed by atoms with Gasteiger partial charge in [-0.05, 0) is 38.8 Å². The number of hydrogen-bond acceptors (Lipinski definition) is 0. The monoisotopic (exact) mass is 479 g/mol. The summed E-state index contributed by atoms with van der Waals surface area (Å²) in [5.74, 6) is 0. The predicted molar refractivity (Wildman–Crippen MR) is 155 cm³/mol. The summed E-state index contributed by atoms with van der Waals surface area (Å²) >= 11 is 1.92. The van der Waals surface area contributed by atoms with Gasteiger partial charge in [0.15, 0.2) is 15.6 Å². The third-order valence-corrected chi connectivity index (χ3v) is 9.46. The van der Waals surface area contributed by atoms with Crippen LogP contribution in [0.1, 0.15) is 87.1 Å². The molecule has 1 aliphatic rings. The molecule has 4 aromatic rings. The molecule has 2 heterocycles. The van der Waals surface area contributed by atoms with Crippen molar-refractivity contribution in [2.24, 2.45) is 0 Å². The SMILES string of the molecule is C=[N+]1C=Cc2c([s+][c-]3cc(C(C)(CC)CC)ccc23)[C-]1c1cc(C(C)(C)C)c2ccccc2c1C. The average molecular weight is 480 g/mol. The number of benzene rings is 3. The molecule has 0 fully saturated rings. The Morgan fingerprint density at radius 3 is 2.31 bits per heavy atom. The van der Waals surface area contributed by atoms with Gasteiger partial charge in [0, 0.05) is 0 Å². The molecule has 1 aromatic heterocycles. The molecule has 2 heteroatoms. The van der Waals surface area contributed by atoms with Gasteiger partial charge in [-0.3, -0.25) is 4.58 Å². The van der Waals surface area contributed by atoms with E-state index in [4.69, 9.17) is 0 Å².